The number of hydrogen-bond acceptors (Lipinski definition) is 6. The first-order valence-electron chi connectivity index (χ1n) is 6.75. The summed E-state index contributed by atoms with van der Waals surface area (Å²) in [5, 5.41) is 6.63. The Morgan fingerprint density at radius 2 is 1.84 bits per heavy atom. The van der Waals surface area contributed by atoms with Crippen molar-refractivity contribution >= 4 is 35.3 Å². The number of thioether (sulfide) groups is 1. The van der Waals surface area contributed by atoms with Crippen molar-refractivity contribution in [3.63, 3.8) is 0 Å². The highest BCUT2D eigenvalue weighted by Crippen LogP contribution is 2.22. The minimum Gasteiger partial charge on any atom is -0.354 e. The van der Waals surface area contributed by atoms with Crippen LogP contribution < -0.4 is 10.6 Å². The molecule has 1 aromatic rings. The van der Waals surface area contributed by atoms with E-state index in [1.54, 1.807) is 0 Å². The highest BCUT2D eigenvalue weighted by Gasteiger charge is 2.14. The van der Waals surface area contributed by atoms with Gasteiger partial charge in [-0.15, -0.1) is 0 Å². The average molecular weight is 302 g/mol. The maximum Gasteiger partial charge on any atom is 0.228 e. The molecule has 0 spiro atoms. The standard InChI is InChI=1S/C12H20ClN5S/c1-2-5-14-11-16-10(13)17-12(18-11)15-8-9-3-6-19-7-4-9/h9H,2-8H2,1H3,(H2,14,15,16,17,18). The van der Waals surface area contributed by atoms with E-state index in [9.17, 15) is 0 Å². The van der Waals surface area contributed by atoms with Gasteiger partial charge in [0.25, 0.3) is 0 Å². The summed E-state index contributed by atoms with van der Waals surface area (Å²) in [5.74, 6) is 4.34. The zero-order valence-electron chi connectivity index (χ0n) is 11.2. The Balaban J connectivity index is 1.89. The summed E-state index contributed by atoms with van der Waals surface area (Å²) in [7, 11) is 0. The summed E-state index contributed by atoms with van der Waals surface area (Å²) in [5.41, 5.74) is 0. The van der Waals surface area contributed by atoms with Crippen LogP contribution in [-0.2, 0) is 0 Å². The van der Waals surface area contributed by atoms with Crippen molar-refractivity contribution in [3.8, 4) is 0 Å². The SMILES string of the molecule is CCCNc1nc(Cl)nc(NCC2CCSCC2)n1. The van der Waals surface area contributed by atoms with E-state index in [1.807, 2.05) is 11.8 Å². The first kappa shape index (κ1) is 14.7. The van der Waals surface area contributed by atoms with Gasteiger partial charge in [0, 0.05) is 13.1 Å². The second kappa shape index (κ2) is 7.75. The fourth-order valence-corrected chi connectivity index (χ4v) is 3.30. The molecular weight excluding hydrogens is 282 g/mol. The van der Waals surface area contributed by atoms with Crippen LogP contribution in [0.2, 0.25) is 5.28 Å². The third-order valence-electron chi connectivity index (χ3n) is 3.03. The molecule has 0 aliphatic carbocycles. The van der Waals surface area contributed by atoms with E-state index in [-0.39, 0.29) is 5.28 Å². The predicted octanol–water partition coefficient (Wildman–Crippen LogP) is 2.90. The number of hydrogen-bond donors (Lipinski definition) is 2. The molecule has 1 aromatic heterocycles. The zero-order valence-corrected chi connectivity index (χ0v) is 12.7. The fourth-order valence-electron chi connectivity index (χ4n) is 1.93. The molecule has 2 heterocycles. The summed E-state index contributed by atoms with van der Waals surface area (Å²) < 4.78 is 0. The van der Waals surface area contributed by atoms with E-state index in [4.69, 9.17) is 11.6 Å². The van der Waals surface area contributed by atoms with Gasteiger partial charge in [0.05, 0.1) is 0 Å². The number of anilines is 2. The van der Waals surface area contributed by atoms with Crippen LogP contribution in [0.1, 0.15) is 26.2 Å². The van der Waals surface area contributed by atoms with Crippen molar-refractivity contribution < 1.29 is 0 Å². The molecule has 0 saturated carbocycles. The van der Waals surface area contributed by atoms with Gasteiger partial charge in [0.1, 0.15) is 0 Å². The van der Waals surface area contributed by atoms with Crippen LogP contribution in [0.4, 0.5) is 11.9 Å². The third-order valence-corrected chi connectivity index (χ3v) is 4.25. The van der Waals surface area contributed by atoms with E-state index in [0.29, 0.717) is 17.8 Å². The zero-order chi connectivity index (χ0) is 13.5. The van der Waals surface area contributed by atoms with Crippen molar-refractivity contribution in [2.75, 3.05) is 35.2 Å². The van der Waals surface area contributed by atoms with Crippen LogP contribution in [-0.4, -0.2) is 39.5 Å². The van der Waals surface area contributed by atoms with Gasteiger partial charge >= 0.3 is 0 Å². The van der Waals surface area contributed by atoms with Crippen LogP contribution in [0, 0.1) is 5.92 Å². The molecule has 1 fully saturated rings. The molecule has 0 bridgehead atoms. The van der Waals surface area contributed by atoms with Crippen molar-refractivity contribution in [2.24, 2.45) is 5.92 Å². The molecule has 1 aliphatic heterocycles. The summed E-state index contributed by atoms with van der Waals surface area (Å²) in [6.45, 7) is 3.84. The Morgan fingerprint density at radius 1 is 1.16 bits per heavy atom. The molecule has 106 valence electrons. The lowest BCUT2D eigenvalue weighted by Gasteiger charge is -2.21. The van der Waals surface area contributed by atoms with Gasteiger partial charge in [-0.25, -0.2) is 0 Å². The lowest BCUT2D eigenvalue weighted by molar-refractivity contribution is 0.514. The van der Waals surface area contributed by atoms with Crippen LogP contribution in [0.15, 0.2) is 0 Å². The second-order valence-electron chi connectivity index (χ2n) is 4.62. The number of rotatable bonds is 6. The summed E-state index contributed by atoms with van der Waals surface area (Å²) in [4.78, 5) is 12.5. The van der Waals surface area contributed by atoms with Crippen molar-refractivity contribution in [2.45, 2.75) is 26.2 Å². The molecule has 0 atom stereocenters. The second-order valence-corrected chi connectivity index (χ2v) is 6.18. The minimum absolute atomic E-state index is 0.232. The Hall–Kier alpha value is -0.750. The number of nitrogens with zero attached hydrogens (tertiary/aromatic N) is 3. The summed E-state index contributed by atoms with van der Waals surface area (Å²) in [6.07, 6.45) is 3.54. The van der Waals surface area contributed by atoms with Crippen LogP contribution in [0.5, 0.6) is 0 Å². The first-order valence-corrected chi connectivity index (χ1v) is 8.28. The fraction of sp³-hybridized carbons (Fsp3) is 0.750. The van der Waals surface area contributed by atoms with E-state index in [2.05, 4.69) is 32.5 Å². The normalized spacial score (nSPS) is 16.3. The van der Waals surface area contributed by atoms with Crippen LogP contribution in [0.25, 0.3) is 0 Å². The van der Waals surface area contributed by atoms with Crippen LogP contribution >= 0.6 is 23.4 Å². The van der Waals surface area contributed by atoms with Gasteiger partial charge in [-0.1, -0.05) is 6.92 Å². The number of nitrogens with one attached hydrogen (secondary N) is 2. The highest BCUT2D eigenvalue weighted by molar-refractivity contribution is 7.99. The van der Waals surface area contributed by atoms with E-state index in [0.717, 1.165) is 19.5 Å². The van der Waals surface area contributed by atoms with Gasteiger partial charge in [0.15, 0.2) is 0 Å². The molecule has 2 rings (SSSR count). The lowest BCUT2D eigenvalue weighted by atomic mass is 10.0. The molecule has 1 aliphatic rings. The maximum atomic E-state index is 5.90. The smallest absolute Gasteiger partial charge is 0.228 e. The van der Waals surface area contributed by atoms with Crippen molar-refractivity contribution in [1.29, 1.82) is 0 Å². The van der Waals surface area contributed by atoms with Crippen LogP contribution in [0.3, 0.4) is 0 Å². The van der Waals surface area contributed by atoms with Crippen molar-refractivity contribution in [3.05, 3.63) is 5.28 Å². The summed E-state index contributed by atoms with van der Waals surface area (Å²) in [6, 6.07) is 0. The van der Waals surface area contributed by atoms with E-state index < -0.39 is 0 Å². The Kier molecular flexibility index (Phi) is 5.97. The quantitative estimate of drug-likeness (QED) is 0.842. The molecule has 5 nitrogen and oxygen atoms in total. The van der Waals surface area contributed by atoms with Gasteiger partial charge < -0.3 is 10.6 Å². The van der Waals surface area contributed by atoms with Gasteiger partial charge in [-0.3, -0.25) is 0 Å². The number of aromatic nitrogens is 3. The molecule has 0 radical (unpaired) electrons. The first-order chi connectivity index (χ1) is 9.28. The molecule has 1 saturated heterocycles. The maximum absolute atomic E-state index is 5.90. The van der Waals surface area contributed by atoms with Gasteiger partial charge in [0.2, 0.25) is 17.2 Å². The highest BCUT2D eigenvalue weighted by atomic mass is 35.5. The predicted molar refractivity (Wildman–Crippen MR) is 82.2 cm³/mol. The minimum atomic E-state index is 0.232. The van der Waals surface area contributed by atoms with Gasteiger partial charge in [-0.05, 0) is 48.3 Å². The Labute approximate surface area is 123 Å². The van der Waals surface area contributed by atoms with E-state index >= 15 is 0 Å². The molecule has 0 unspecified atom stereocenters. The largest absolute Gasteiger partial charge is 0.354 e. The molecular formula is C12H20ClN5S. The summed E-state index contributed by atoms with van der Waals surface area (Å²) >= 11 is 7.94. The topological polar surface area (TPSA) is 62.7 Å². The van der Waals surface area contributed by atoms with Crippen molar-refractivity contribution in [1.82, 2.24) is 15.0 Å². The third kappa shape index (κ3) is 5.03. The van der Waals surface area contributed by atoms with E-state index in [1.165, 1.54) is 24.3 Å². The Bertz CT molecular complexity index is 398. The molecule has 0 amide bonds. The molecule has 7 heteroatoms. The molecule has 19 heavy (non-hydrogen) atoms. The Morgan fingerprint density at radius 3 is 2.53 bits per heavy atom. The lowest BCUT2D eigenvalue weighted by Crippen LogP contribution is -2.20. The number of halogens is 1. The van der Waals surface area contributed by atoms with Gasteiger partial charge in [-0.2, -0.15) is 26.7 Å². The molecule has 0 aromatic carbocycles. The average Bonchev–Trinajstić information content (AvgIpc) is 2.43. The monoisotopic (exact) mass is 301 g/mol. The molecule has 2 N–H and O–H groups in total.